The van der Waals surface area contributed by atoms with Gasteiger partial charge in [-0.3, -0.25) is 9.78 Å². The molecule has 5 nitrogen and oxygen atoms in total. The lowest BCUT2D eigenvalue weighted by Gasteiger charge is -2.13. The molecule has 0 aliphatic carbocycles. The summed E-state index contributed by atoms with van der Waals surface area (Å²) in [4.78, 5) is 16.5. The molecule has 0 saturated carbocycles. The molecule has 0 aromatic carbocycles. The summed E-state index contributed by atoms with van der Waals surface area (Å²) in [5.74, 6) is 0.258. The molecule has 142 valence electrons. The average molecular weight is 364 g/mol. The van der Waals surface area contributed by atoms with Gasteiger partial charge in [-0.25, -0.2) is 0 Å². The first-order valence-corrected chi connectivity index (χ1v) is 9.32. The number of aryl methyl sites for hydroxylation is 1. The summed E-state index contributed by atoms with van der Waals surface area (Å²) >= 11 is 0. The van der Waals surface area contributed by atoms with Crippen LogP contribution in [0.2, 0.25) is 0 Å². The van der Waals surface area contributed by atoms with Gasteiger partial charge in [0.1, 0.15) is 11.6 Å². The summed E-state index contributed by atoms with van der Waals surface area (Å²) in [5, 5.41) is 12.4. The number of carbonyl (C=O) groups is 1. The van der Waals surface area contributed by atoms with E-state index >= 15 is 0 Å². The summed E-state index contributed by atoms with van der Waals surface area (Å²) in [5.41, 5.74) is 4.19. The standard InChI is InChI=1S/C22H28N4O/c1-15(2)8-11-26-16(3)12-20(18(26)5)13-21(14-23)22(27)25-17(4)19-6-9-24-10-7-19/h6-7,9-10,12-13,15,17H,8,11H2,1-5H3,(H,25,27). The monoisotopic (exact) mass is 364 g/mol. The molecule has 1 amide bonds. The van der Waals surface area contributed by atoms with E-state index in [4.69, 9.17) is 0 Å². The molecule has 0 fully saturated rings. The van der Waals surface area contributed by atoms with Crippen LogP contribution < -0.4 is 5.32 Å². The van der Waals surface area contributed by atoms with Gasteiger partial charge >= 0.3 is 0 Å². The third-order valence-electron chi connectivity index (χ3n) is 4.76. The summed E-state index contributed by atoms with van der Waals surface area (Å²) < 4.78 is 2.25. The highest BCUT2D eigenvalue weighted by molar-refractivity contribution is 6.02. The van der Waals surface area contributed by atoms with E-state index in [1.165, 1.54) is 0 Å². The number of rotatable bonds is 7. The van der Waals surface area contributed by atoms with E-state index < -0.39 is 0 Å². The number of hydrogen-bond acceptors (Lipinski definition) is 3. The van der Waals surface area contributed by atoms with Crippen LogP contribution >= 0.6 is 0 Å². The summed E-state index contributed by atoms with van der Waals surface area (Å²) in [6.45, 7) is 11.3. The Bertz CT molecular complexity index is 856. The van der Waals surface area contributed by atoms with Gasteiger partial charge in [0, 0.05) is 30.3 Å². The second kappa shape index (κ2) is 9.18. The van der Waals surface area contributed by atoms with Crippen LogP contribution in [0.15, 0.2) is 36.2 Å². The van der Waals surface area contributed by atoms with Crippen molar-refractivity contribution < 1.29 is 4.79 Å². The molecule has 0 aliphatic heterocycles. The molecular formula is C22H28N4O. The molecule has 1 N–H and O–H groups in total. The van der Waals surface area contributed by atoms with Gasteiger partial charge in [-0.15, -0.1) is 0 Å². The molecule has 2 rings (SSSR count). The first-order chi connectivity index (χ1) is 12.8. The minimum absolute atomic E-state index is 0.111. The number of nitrogens with one attached hydrogen (secondary N) is 1. The quantitative estimate of drug-likeness (QED) is 0.587. The van der Waals surface area contributed by atoms with Crippen LogP contribution in [-0.2, 0) is 11.3 Å². The number of pyridine rings is 1. The topological polar surface area (TPSA) is 70.7 Å². The Morgan fingerprint density at radius 2 is 1.96 bits per heavy atom. The van der Waals surface area contributed by atoms with Crippen molar-refractivity contribution in [3.63, 3.8) is 0 Å². The van der Waals surface area contributed by atoms with Gasteiger partial charge in [-0.1, -0.05) is 13.8 Å². The Hall–Kier alpha value is -2.87. The van der Waals surface area contributed by atoms with Crippen molar-refractivity contribution in [2.24, 2.45) is 5.92 Å². The Morgan fingerprint density at radius 1 is 1.30 bits per heavy atom. The van der Waals surface area contributed by atoms with Gasteiger partial charge < -0.3 is 9.88 Å². The number of nitriles is 1. The normalized spacial score (nSPS) is 12.7. The predicted octanol–water partition coefficient (Wildman–Crippen LogP) is 4.33. The smallest absolute Gasteiger partial charge is 0.262 e. The zero-order chi connectivity index (χ0) is 20.0. The zero-order valence-electron chi connectivity index (χ0n) is 16.8. The molecule has 27 heavy (non-hydrogen) atoms. The number of nitrogens with zero attached hydrogens (tertiary/aromatic N) is 3. The molecule has 0 saturated heterocycles. The lowest BCUT2D eigenvalue weighted by molar-refractivity contribution is -0.117. The molecule has 0 spiro atoms. The maximum absolute atomic E-state index is 12.6. The van der Waals surface area contributed by atoms with Crippen LogP contribution in [0.5, 0.6) is 0 Å². The summed E-state index contributed by atoms with van der Waals surface area (Å²) in [6.07, 6.45) is 6.15. The second-order valence-corrected chi connectivity index (χ2v) is 7.31. The van der Waals surface area contributed by atoms with Gasteiger partial charge in [0.15, 0.2) is 0 Å². The van der Waals surface area contributed by atoms with Crippen molar-refractivity contribution in [2.45, 2.75) is 53.6 Å². The van der Waals surface area contributed by atoms with Crippen molar-refractivity contribution in [2.75, 3.05) is 0 Å². The van der Waals surface area contributed by atoms with Gasteiger partial charge in [0.2, 0.25) is 0 Å². The van der Waals surface area contributed by atoms with Crippen molar-refractivity contribution in [1.29, 1.82) is 5.26 Å². The maximum atomic E-state index is 12.6. The molecular weight excluding hydrogens is 336 g/mol. The molecule has 0 aliphatic rings. The third-order valence-corrected chi connectivity index (χ3v) is 4.76. The van der Waals surface area contributed by atoms with Crippen LogP contribution in [0.4, 0.5) is 0 Å². The minimum atomic E-state index is -0.367. The average Bonchev–Trinajstić information content (AvgIpc) is 2.91. The van der Waals surface area contributed by atoms with Crippen molar-refractivity contribution in [3.8, 4) is 6.07 Å². The molecule has 1 atom stereocenters. The SMILES string of the molecule is Cc1cc(C=C(C#N)C(=O)NC(C)c2ccncc2)c(C)n1CCC(C)C. The fourth-order valence-electron chi connectivity index (χ4n) is 3.02. The van der Waals surface area contributed by atoms with Crippen LogP contribution in [0.1, 0.15) is 55.7 Å². The first kappa shape index (κ1) is 20.4. The van der Waals surface area contributed by atoms with Gasteiger partial charge in [0.05, 0.1) is 6.04 Å². The number of hydrogen-bond donors (Lipinski definition) is 1. The molecule has 2 aromatic rings. The third kappa shape index (κ3) is 5.30. The Labute approximate surface area is 161 Å². The second-order valence-electron chi connectivity index (χ2n) is 7.31. The van der Waals surface area contributed by atoms with Gasteiger partial charge in [-0.05, 0) is 68.5 Å². The number of aromatic nitrogens is 2. The largest absolute Gasteiger partial charge is 0.349 e. The van der Waals surface area contributed by atoms with Crippen LogP contribution in [0, 0.1) is 31.1 Å². The van der Waals surface area contributed by atoms with Crippen molar-refractivity contribution >= 4 is 12.0 Å². The fraction of sp³-hybridized carbons (Fsp3) is 0.409. The minimum Gasteiger partial charge on any atom is -0.349 e. The Morgan fingerprint density at radius 3 is 2.56 bits per heavy atom. The van der Waals surface area contributed by atoms with Gasteiger partial charge in [0.25, 0.3) is 5.91 Å². The lowest BCUT2D eigenvalue weighted by Crippen LogP contribution is -2.27. The highest BCUT2D eigenvalue weighted by atomic mass is 16.1. The van der Waals surface area contributed by atoms with Crippen molar-refractivity contribution in [3.05, 3.63) is 58.7 Å². The Balaban J connectivity index is 2.19. The van der Waals surface area contributed by atoms with E-state index in [1.54, 1.807) is 18.5 Å². The van der Waals surface area contributed by atoms with Crippen molar-refractivity contribution in [1.82, 2.24) is 14.9 Å². The first-order valence-electron chi connectivity index (χ1n) is 9.32. The summed E-state index contributed by atoms with van der Waals surface area (Å²) in [7, 11) is 0. The Kier molecular flexibility index (Phi) is 6.95. The van der Waals surface area contributed by atoms with Crippen LogP contribution in [0.25, 0.3) is 6.08 Å². The lowest BCUT2D eigenvalue weighted by atomic mass is 10.1. The van der Waals surface area contributed by atoms with Crippen LogP contribution in [-0.4, -0.2) is 15.5 Å². The molecule has 5 heteroatoms. The molecule has 0 bridgehead atoms. The molecule has 2 aromatic heterocycles. The van der Waals surface area contributed by atoms with E-state index in [1.807, 2.05) is 38.1 Å². The van der Waals surface area contributed by atoms with E-state index in [9.17, 15) is 10.1 Å². The maximum Gasteiger partial charge on any atom is 0.262 e. The molecule has 1 unspecified atom stereocenters. The predicted molar refractivity (Wildman–Crippen MR) is 108 cm³/mol. The van der Waals surface area contributed by atoms with E-state index in [0.717, 1.165) is 35.5 Å². The fourth-order valence-corrected chi connectivity index (χ4v) is 3.02. The van der Waals surface area contributed by atoms with E-state index in [0.29, 0.717) is 5.92 Å². The number of carbonyl (C=O) groups excluding carboxylic acids is 1. The van der Waals surface area contributed by atoms with Gasteiger partial charge in [-0.2, -0.15) is 5.26 Å². The summed E-state index contributed by atoms with van der Waals surface area (Å²) in [6, 6.07) is 7.58. The molecule has 2 heterocycles. The van der Waals surface area contributed by atoms with E-state index in [2.05, 4.69) is 35.6 Å². The zero-order valence-corrected chi connectivity index (χ0v) is 16.8. The van der Waals surface area contributed by atoms with Crippen LogP contribution in [0.3, 0.4) is 0 Å². The highest BCUT2D eigenvalue weighted by Crippen LogP contribution is 2.20. The number of amides is 1. The molecule has 0 radical (unpaired) electrons. The van der Waals surface area contributed by atoms with E-state index in [-0.39, 0.29) is 17.5 Å². The highest BCUT2D eigenvalue weighted by Gasteiger charge is 2.15.